The largest absolute Gasteiger partial charge is 0.462 e. The fourth-order valence-corrected chi connectivity index (χ4v) is 9.20. The first-order valence-corrected chi connectivity index (χ1v) is 33.7. The minimum Gasteiger partial charge on any atom is -0.462 e. The van der Waals surface area contributed by atoms with E-state index in [-0.39, 0.29) is 31.6 Å². The molecule has 0 aromatic heterocycles. The second-order valence-corrected chi connectivity index (χ2v) is 22.0. The van der Waals surface area contributed by atoms with Gasteiger partial charge < -0.3 is 14.2 Å². The molecule has 1 unspecified atom stereocenters. The van der Waals surface area contributed by atoms with Crippen LogP contribution in [0.25, 0.3) is 0 Å². The summed E-state index contributed by atoms with van der Waals surface area (Å²) in [6.45, 7) is 6.34. The van der Waals surface area contributed by atoms with Crippen LogP contribution in [0.5, 0.6) is 0 Å². The molecule has 0 radical (unpaired) electrons. The maximum atomic E-state index is 12.8. The molecule has 6 nitrogen and oxygen atoms in total. The zero-order chi connectivity index (χ0) is 58.5. The zero-order valence-electron chi connectivity index (χ0n) is 52.8. The molecular weight excluding hydrogens is 997 g/mol. The predicted octanol–water partition coefficient (Wildman–Crippen LogP) is 23.3. The summed E-state index contributed by atoms with van der Waals surface area (Å²) in [7, 11) is 0. The number of allylic oxidation sites excluding steroid dienone is 22. The molecule has 460 valence electrons. The molecule has 1 atom stereocenters. The molecule has 0 aromatic carbocycles. The average Bonchev–Trinajstić information content (AvgIpc) is 3.47. The summed E-state index contributed by atoms with van der Waals surface area (Å²) >= 11 is 0. The van der Waals surface area contributed by atoms with E-state index in [0.29, 0.717) is 19.3 Å². The van der Waals surface area contributed by atoms with Crippen molar-refractivity contribution in [1.29, 1.82) is 0 Å². The van der Waals surface area contributed by atoms with Crippen LogP contribution in [0.3, 0.4) is 0 Å². The van der Waals surface area contributed by atoms with Gasteiger partial charge in [0.15, 0.2) is 6.10 Å². The van der Waals surface area contributed by atoms with Gasteiger partial charge in [-0.05, 0) is 103 Å². The lowest BCUT2D eigenvalue weighted by Crippen LogP contribution is -2.30. The van der Waals surface area contributed by atoms with Crippen LogP contribution in [-0.4, -0.2) is 37.2 Å². The summed E-state index contributed by atoms with van der Waals surface area (Å²) in [4.78, 5) is 38.2. The lowest BCUT2D eigenvalue weighted by atomic mass is 10.0. The van der Waals surface area contributed by atoms with Gasteiger partial charge >= 0.3 is 17.9 Å². The van der Waals surface area contributed by atoms with Gasteiger partial charge in [0.2, 0.25) is 0 Å². The molecule has 81 heavy (non-hydrogen) atoms. The summed E-state index contributed by atoms with van der Waals surface area (Å²) in [5.74, 6) is -0.988. The fraction of sp³-hybridized carbons (Fsp3) is 0.667. The van der Waals surface area contributed by atoms with Crippen LogP contribution in [0.4, 0.5) is 0 Å². The van der Waals surface area contributed by atoms with Crippen molar-refractivity contribution in [3.63, 3.8) is 0 Å². The standard InChI is InChI=1S/C75H124O6/c1-4-7-10-13-16-19-21-23-25-27-29-30-31-32-33-34-35-36-37-38-39-40-41-42-43-44-46-47-49-51-53-56-59-62-65-68-74(77)80-71-72(70-79-73(76)67-64-61-58-55-18-15-12-9-6-3)81-75(78)69-66-63-60-57-54-52-50-48-45-28-26-24-22-20-17-14-11-8-5-2/h7-8,10-11,16-17,19-20,23-26,29-30,32-33,45,48,52,54,60,63,72H,4-6,9,12-15,18,21-22,27-28,31,34-44,46-47,49-51,53,55-59,61-62,64-71H2,1-3H3/b10-7-,11-8-,19-16-,20-17-,25-23-,26-24-,30-29-,33-32-,48-45-,54-52-,63-60-. The summed E-state index contributed by atoms with van der Waals surface area (Å²) in [5, 5.41) is 0. The highest BCUT2D eigenvalue weighted by Gasteiger charge is 2.19. The molecule has 0 N–H and O–H groups in total. The van der Waals surface area contributed by atoms with E-state index in [0.717, 1.165) is 109 Å². The van der Waals surface area contributed by atoms with E-state index in [4.69, 9.17) is 14.2 Å². The van der Waals surface area contributed by atoms with E-state index >= 15 is 0 Å². The number of ether oxygens (including phenoxy) is 3. The molecule has 6 heteroatoms. The first-order chi connectivity index (χ1) is 40.0. The van der Waals surface area contributed by atoms with E-state index in [2.05, 4.69) is 148 Å². The monoisotopic (exact) mass is 1120 g/mol. The van der Waals surface area contributed by atoms with Gasteiger partial charge in [-0.25, -0.2) is 0 Å². The van der Waals surface area contributed by atoms with E-state index in [1.165, 1.54) is 148 Å². The molecule has 0 spiro atoms. The minimum absolute atomic E-state index is 0.107. The van der Waals surface area contributed by atoms with Gasteiger partial charge in [-0.2, -0.15) is 0 Å². The molecule has 0 bridgehead atoms. The Morgan fingerprint density at radius 2 is 0.506 bits per heavy atom. The summed E-state index contributed by atoms with van der Waals surface area (Å²) in [6.07, 6.45) is 96.5. The minimum atomic E-state index is -0.818. The van der Waals surface area contributed by atoms with E-state index in [1.54, 1.807) is 0 Å². The quantitative estimate of drug-likeness (QED) is 0.0261. The van der Waals surface area contributed by atoms with Crippen molar-refractivity contribution >= 4 is 17.9 Å². The Labute approximate surface area is 500 Å². The predicted molar refractivity (Wildman–Crippen MR) is 353 cm³/mol. The van der Waals surface area contributed by atoms with Crippen molar-refractivity contribution in [2.24, 2.45) is 0 Å². The maximum absolute atomic E-state index is 12.8. The molecule has 0 heterocycles. The van der Waals surface area contributed by atoms with E-state index in [9.17, 15) is 14.4 Å². The molecule has 0 saturated carbocycles. The van der Waals surface area contributed by atoms with Gasteiger partial charge in [0.1, 0.15) is 13.2 Å². The fourth-order valence-electron chi connectivity index (χ4n) is 9.20. The Morgan fingerprint density at radius 3 is 0.802 bits per heavy atom. The number of hydrogen-bond acceptors (Lipinski definition) is 6. The second-order valence-electron chi connectivity index (χ2n) is 22.0. The molecule has 0 amide bonds. The summed E-state index contributed by atoms with van der Waals surface area (Å²) in [5.41, 5.74) is 0. The SMILES string of the molecule is CC/C=C\C/C=C\C/C=C\C/C=C\C/C=C\C/C=C\CCC(=O)OC(COC(=O)CCCCCCCCCCC)COC(=O)CCCCCCCCCCCCCCCCCCCCC/C=C\C/C=C\C/C=C\C/C=C\C/C=C\CC. The smallest absolute Gasteiger partial charge is 0.306 e. The van der Waals surface area contributed by atoms with Crippen LogP contribution in [0.2, 0.25) is 0 Å². The van der Waals surface area contributed by atoms with Gasteiger partial charge in [0.05, 0.1) is 0 Å². The van der Waals surface area contributed by atoms with Crippen molar-refractivity contribution < 1.29 is 28.6 Å². The van der Waals surface area contributed by atoms with Crippen molar-refractivity contribution in [3.8, 4) is 0 Å². The Balaban J connectivity index is 4.14. The van der Waals surface area contributed by atoms with Gasteiger partial charge in [-0.1, -0.05) is 315 Å². The van der Waals surface area contributed by atoms with Crippen molar-refractivity contribution in [1.82, 2.24) is 0 Å². The molecule has 0 fully saturated rings. The highest BCUT2D eigenvalue weighted by molar-refractivity contribution is 5.71. The van der Waals surface area contributed by atoms with Gasteiger partial charge in [-0.3, -0.25) is 14.4 Å². The third-order valence-electron chi connectivity index (χ3n) is 14.2. The Hall–Kier alpha value is -4.45. The van der Waals surface area contributed by atoms with Crippen molar-refractivity contribution in [2.45, 2.75) is 309 Å². The van der Waals surface area contributed by atoms with Crippen LogP contribution in [0, 0.1) is 0 Å². The summed E-state index contributed by atoms with van der Waals surface area (Å²) in [6, 6.07) is 0. The number of unbranched alkanes of at least 4 members (excludes halogenated alkanes) is 27. The highest BCUT2D eigenvalue weighted by Crippen LogP contribution is 2.17. The van der Waals surface area contributed by atoms with E-state index < -0.39 is 12.1 Å². The molecule has 0 aromatic rings. The van der Waals surface area contributed by atoms with Crippen LogP contribution >= 0.6 is 0 Å². The molecular formula is C75H124O6. The normalized spacial score (nSPS) is 13.0. The third-order valence-corrected chi connectivity index (χ3v) is 14.2. The highest BCUT2D eigenvalue weighted by atomic mass is 16.6. The molecule has 0 rings (SSSR count). The van der Waals surface area contributed by atoms with Gasteiger partial charge in [0.25, 0.3) is 0 Å². The molecule has 0 aliphatic rings. The summed E-state index contributed by atoms with van der Waals surface area (Å²) < 4.78 is 16.8. The molecule has 0 aliphatic carbocycles. The second kappa shape index (κ2) is 68.1. The van der Waals surface area contributed by atoms with Crippen LogP contribution in [0.1, 0.15) is 303 Å². The lowest BCUT2D eigenvalue weighted by Gasteiger charge is -2.18. The average molecular weight is 1120 g/mol. The topological polar surface area (TPSA) is 78.9 Å². The van der Waals surface area contributed by atoms with Gasteiger partial charge in [0, 0.05) is 19.3 Å². The van der Waals surface area contributed by atoms with Crippen molar-refractivity contribution in [3.05, 3.63) is 134 Å². The Bertz CT molecular complexity index is 1720. The maximum Gasteiger partial charge on any atom is 0.306 e. The van der Waals surface area contributed by atoms with E-state index in [1.807, 2.05) is 6.08 Å². The number of esters is 3. The van der Waals surface area contributed by atoms with Gasteiger partial charge in [-0.15, -0.1) is 0 Å². The number of carbonyl (C=O) groups excluding carboxylic acids is 3. The number of hydrogen-bond donors (Lipinski definition) is 0. The molecule has 0 saturated heterocycles. The van der Waals surface area contributed by atoms with Crippen LogP contribution in [0.15, 0.2) is 134 Å². The zero-order valence-corrected chi connectivity index (χ0v) is 52.8. The Kier molecular flexibility index (Phi) is 64.3. The first kappa shape index (κ1) is 76.5. The van der Waals surface area contributed by atoms with Crippen LogP contribution < -0.4 is 0 Å². The molecule has 0 aliphatic heterocycles. The first-order valence-electron chi connectivity index (χ1n) is 33.7. The lowest BCUT2D eigenvalue weighted by molar-refractivity contribution is -0.166. The number of rotatable bonds is 60. The number of carbonyl (C=O) groups is 3. The van der Waals surface area contributed by atoms with Crippen LogP contribution in [-0.2, 0) is 28.6 Å². The van der Waals surface area contributed by atoms with Crippen molar-refractivity contribution in [2.75, 3.05) is 13.2 Å². The Morgan fingerprint density at radius 1 is 0.259 bits per heavy atom. The third kappa shape index (κ3) is 66.2.